The minimum atomic E-state index is 0. The first-order valence-electron chi connectivity index (χ1n) is 9.18. The number of anilines is 2. The van der Waals surface area contributed by atoms with Gasteiger partial charge in [0.2, 0.25) is 5.96 Å². The number of nitrogens with zero attached hydrogens (tertiary/aromatic N) is 2. The fourth-order valence-electron chi connectivity index (χ4n) is 2.84. The molecule has 148 valence electrons. The van der Waals surface area contributed by atoms with Crippen molar-refractivity contribution in [3.63, 3.8) is 0 Å². The van der Waals surface area contributed by atoms with E-state index in [0.717, 1.165) is 11.4 Å². The molecule has 2 aromatic carbocycles. The smallest absolute Gasteiger partial charge is 0.202 e. The molecule has 0 saturated carbocycles. The van der Waals surface area contributed by atoms with Crippen LogP contribution in [0.15, 0.2) is 48.5 Å². The van der Waals surface area contributed by atoms with Crippen LogP contribution in [0.3, 0.4) is 0 Å². The van der Waals surface area contributed by atoms with E-state index in [2.05, 4.69) is 90.1 Å². The standard InChI is InChI=1S/C23H33N3.ClH/c1-22(2,3)17-9-13-19(14-10-17)25(7)21(24)26(8)20-15-11-18(12-16-20)23(4,5)6;/h9-16,24H,1-8H3;1H. The Labute approximate surface area is 171 Å². The van der Waals surface area contributed by atoms with Gasteiger partial charge in [-0.3, -0.25) is 5.41 Å². The van der Waals surface area contributed by atoms with E-state index in [1.54, 1.807) is 0 Å². The van der Waals surface area contributed by atoms with Gasteiger partial charge in [-0.25, -0.2) is 0 Å². The van der Waals surface area contributed by atoms with Gasteiger partial charge in [-0.1, -0.05) is 65.8 Å². The van der Waals surface area contributed by atoms with Gasteiger partial charge in [0.25, 0.3) is 0 Å². The summed E-state index contributed by atoms with van der Waals surface area (Å²) in [5, 5.41) is 8.58. The van der Waals surface area contributed by atoms with E-state index in [1.165, 1.54) is 11.1 Å². The first-order valence-corrected chi connectivity index (χ1v) is 9.18. The summed E-state index contributed by atoms with van der Waals surface area (Å²) >= 11 is 0. The molecule has 0 saturated heterocycles. The highest BCUT2D eigenvalue weighted by Gasteiger charge is 2.18. The van der Waals surface area contributed by atoms with Crippen molar-refractivity contribution in [3.8, 4) is 0 Å². The Morgan fingerprint density at radius 1 is 0.630 bits per heavy atom. The van der Waals surface area contributed by atoms with E-state index < -0.39 is 0 Å². The number of hydrogen-bond donors (Lipinski definition) is 1. The average Bonchev–Trinajstić information content (AvgIpc) is 2.58. The highest BCUT2D eigenvalue weighted by Crippen LogP contribution is 2.27. The van der Waals surface area contributed by atoms with Crippen molar-refractivity contribution in [3.05, 3.63) is 59.7 Å². The van der Waals surface area contributed by atoms with Crippen molar-refractivity contribution in [1.29, 1.82) is 5.41 Å². The molecular formula is C23H34ClN3. The minimum Gasteiger partial charge on any atom is -0.316 e. The SMILES string of the molecule is CN(C(=N)N(C)c1ccc(C(C)(C)C)cc1)c1ccc(C(C)(C)C)cc1.Cl. The van der Waals surface area contributed by atoms with Crippen LogP contribution in [0.2, 0.25) is 0 Å². The summed E-state index contributed by atoms with van der Waals surface area (Å²) in [7, 11) is 3.88. The second-order valence-electron chi connectivity index (χ2n) is 9.04. The number of nitrogens with one attached hydrogen (secondary N) is 1. The van der Waals surface area contributed by atoms with Gasteiger partial charge in [0, 0.05) is 25.5 Å². The molecule has 0 amide bonds. The zero-order valence-corrected chi connectivity index (χ0v) is 18.7. The molecule has 0 spiro atoms. The van der Waals surface area contributed by atoms with Crippen LogP contribution in [0.5, 0.6) is 0 Å². The van der Waals surface area contributed by atoms with Gasteiger partial charge in [0.05, 0.1) is 0 Å². The number of hydrogen-bond acceptors (Lipinski definition) is 1. The van der Waals surface area contributed by atoms with Crippen LogP contribution in [0, 0.1) is 5.41 Å². The van der Waals surface area contributed by atoms with Crippen LogP contribution in [0.4, 0.5) is 11.4 Å². The summed E-state index contributed by atoms with van der Waals surface area (Å²) in [5.41, 5.74) is 4.90. The fourth-order valence-corrected chi connectivity index (χ4v) is 2.84. The lowest BCUT2D eigenvalue weighted by Crippen LogP contribution is -2.39. The monoisotopic (exact) mass is 387 g/mol. The molecule has 1 N–H and O–H groups in total. The molecule has 0 bridgehead atoms. The van der Waals surface area contributed by atoms with Gasteiger partial charge < -0.3 is 9.80 Å². The fraction of sp³-hybridized carbons (Fsp3) is 0.435. The topological polar surface area (TPSA) is 30.3 Å². The minimum absolute atomic E-state index is 0. The number of guanidine groups is 1. The van der Waals surface area contributed by atoms with Crippen LogP contribution >= 0.6 is 12.4 Å². The molecule has 27 heavy (non-hydrogen) atoms. The normalized spacial score (nSPS) is 11.6. The lowest BCUT2D eigenvalue weighted by molar-refractivity contribution is 0.590. The van der Waals surface area contributed by atoms with Crippen molar-refractivity contribution in [1.82, 2.24) is 0 Å². The molecule has 0 aliphatic heterocycles. The molecule has 2 rings (SSSR count). The Morgan fingerprint density at radius 3 is 1.11 bits per heavy atom. The number of halogens is 1. The third-order valence-electron chi connectivity index (χ3n) is 4.88. The summed E-state index contributed by atoms with van der Waals surface area (Å²) in [6, 6.07) is 17.0. The zero-order valence-electron chi connectivity index (χ0n) is 17.9. The van der Waals surface area contributed by atoms with E-state index in [0.29, 0.717) is 5.96 Å². The van der Waals surface area contributed by atoms with Crippen LogP contribution in [-0.2, 0) is 10.8 Å². The van der Waals surface area contributed by atoms with Gasteiger partial charge in [-0.05, 0) is 46.2 Å². The lowest BCUT2D eigenvalue weighted by atomic mass is 9.87. The van der Waals surface area contributed by atoms with Crippen LogP contribution in [0.25, 0.3) is 0 Å². The molecule has 4 heteroatoms. The molecule has 0 radical (unpaired) electrons. The Kier molecular flexibility index (Phi) is 7.12. The van der Waals surface area contributed by atoms with Gasteiger partial charge >= 0.3 is 0 Å². The Bertz CT molecular complexity index is 685. The average molecular weight is 388 g/mol. The molecule has 0 aromatic heterocycles. The summed E-state index contributed by atoms with van der Waals surface area (Å²) in [5.74, 6) is 0.442. The van der Waals surface area contributed by atoms with Gasteiger partial charge in [0.15, 0.2) is 0 Å². The molecule has 3 nitrogen and oxygen atoms in total. The predicted octanol–water partition coefficient (Wildman–Crippen LogP) is 6.21. The molecule has 2 aromatic rings. The molecule has 0 aliphatic carbocycles. The Balaban J connectivity index is 0.00000364. The van der Waals surface area contributed by atoms with Crippen molar-refractivity contribution < 1.29 is 0 Å². The molecule has 0 atom stereocenters. The van der Waals surface area contributed by atoms with Crippen LogP contribution in [-0.4, -0.2) is 20.1 Å². The molecule has 0 heterocycles. The van der Waals surface area contributed by atoms with Crippen molar-refractivity contribution >= 4 is 29.7 Å². The van der Waals surface area contributed by atoms with Gasteiger partial charge in [0.1, 0.15) is 0 Å². The predicted molar refractivity (Wildman–Crippen MR) is 122 cm³/mol. The summed E-state index contributed by atoms with van der Waals surface area (Å²) in [6.07, 6.45) is 0. The van der Waals surface area contributed by atoms with E-state index in [-0.39, 0.29) is 23.2 Å². The largest absolute Gasteiger partial charge is 0.316 e. The summed E-state index contributed by atoms with van der Waals surface area (Å²) in [4.78, 5) is 3.81. The molecular weight excluding hydrogens is 354 g/mol. The van der Waals surface area contributed by atoms with Crippen molar-refractivity contribution in [2.24, 2.45) is 0 Å². The summed E-state index contributed by atoms with van der Waals surface area (Å²) < 4.78 is 0. The second kappa shape index (κ2) is 8.35. The third-order valence-corrected chi connectivity index (χ3v) is 4.88. The Hall–Kier alpha value is -2.00. The quantitative estimate of drug-likeness (QED) is 0.490. The van der Waals surface area contributed by atoms with E-state index >= 15 is 0 Å². The zero-order chi connectivity index (χ0) is 19.7. The first-order chi connectivity index (χ1) is 11.9. The molecule has 0 aliphatic rings. The maximum absolute atomic E-state index is 8.58. The van der Waals surface area contributed by atoms with E-state index in [1.807, 2.05) is 23.9 Å². The number of benzene rings is 2. The maximum Gasteiger partial charge on any atom is 0.202 e. The highest BCUT2D eigenvalue weighted by molar-refractivity contribution is 6.04. The maximum atomic E-state index is 8.58. The van der Waals surface area contributed by atoms with Crippen LogP contribution < -0.4 is 9.80 Å². The number of rotatable bonds is 2. The van der Waals surface area contributed by atoms with Crippen LogP contribution in [0.1, 0.15) is 52.7 Å². The van der Waals surface area contributed by atoms with Crippen molar-refractivity contribution in [2.75, 3.05) is 23.9 Å². The third kappa shape index (κ3) is 5.49. The highest BCUT2D eigenvalue weighted by atomic mass is 35.5. The second-order valence-corrected chi connectivity index (χ2v) is 9.04. The van der Waals surface area contributed by atoms with E-state index in [4.69, 9.17) is 5.41 Å². The van der Waals surface area contributed by atoms with Gasteiger partial charge in [-0.15, -0.1) is 12.4 Å². The first kappa shape index (κ1) is 23.0. The summed E-state index contributed by atoms with van der Waals surface area (Å²) in [6.45, 7) is 13.3. The molecule has 0 unspecified atom stereocenters. The lowest BCUT2D eigenvalue weighted by Gasteiger charge is -2.29. The molecule has 0 fully saturated rings. The van der Waals surface area contributed by atoms with Gasteiger partial charge in [-0.2, -0.15) is 0 Å². The Morgan fingerprint density at radius 2 is 0.889 bits per heavy atom. The van der Waals surface area contributed by atoms with Crippen molar-refractivity contribution in [2.45, 2.75) is 52.4 Å². The van der Waals surface area contributed by atoms with E-state index in [9.17, 15) is 0 Å².